The summed E-state index contributed by atoms with van der Waals surface area (Å²) < 4.78 is -0.974. The first kappa shape index (κ1) is 18.7. The molecule has 10 nitrogen and oxygen atoms in total. The van der Waals surface area contributed by atoms with E-state index in [4.69, 9.17) is 5.73 Å². The molecule has 1 saturated carbocycles. The van der Waals surface area contributed by atoms with E-state index in [9.17, 15) is 29.6 Å². The van der Waals surface area contributed by atoms with Crippen molar-refractivity contribution >= 4 is 29.7 Å². The normalized spacial score (nSPS) is 38.2. The minimum atomic E-state index is -2.02. The van der Waals surface area contributed by atoms with Crippen LogP contribution in [-0.2, 0) is 9.59 Å². The highest BCUT2D eigenvalue weighted by molar-refractivity contribution is 8.01. The van der Waals surface area contributed by atoms with Crippen LogP contribution in [0.1, 0.15) is 46.0 Å². The second-order valence-corrected chi connectivity index (χ2v) is 9.39. The lowest BCUT2D eigenvalue weighted by atomic mass is 9.62. The van der Waals surface area contributed by atoms with Gasteiger partial charge < -0.3 is 15.7 Å². The number of aliphatic carboxylic acids is 1. The van der Waals surface area contributed by atoms with Gasteiger partial charge in [0.25, 0.3) is 0 Å². The zero-order chi connectivity index (χ0) is 19.5. The van der Waals surface area contributed by atoms with Crippen molar-refractivity contribution in [2.45, 2.75) is 67.3 Å². The number of nitrogens with two attached hydrogens (primary N) is 1. The van der Waals surface area contributed by atoms with E-state index in [-0.39, 0.29) is 30.5 Å². The molecular formula is C15H22N4O6S. The lowest BCUT2D eigenvalue weighted by Crippen LogP contribution is -2.78. The number of β-lactam (4-membered cyclic amide) rings is 1. The zero-order valence-electron chi connectivity index (χ0n) is 14.6. The zero-order valence-corrected chi connectivity index (χ0v) is 15.4. The van der Waals surface area contributed by atoms with Crippen LogP contribution in [0.15, 0.2) is 0 Å². The molecule has 0 aromatic carbocycles. The van der Waals surface area contributed by atoms with Crippen molar-refractivity contribution in [3.05, 3.63) is 10.1 Å². The van der Waals surface area contributed by atoms with E-state index >= 15 is 0 Å². The van der Waals surface area contributed by atoms with E-state index in [0.29, 0.717) is 12.8 Å². The summed E-state index contributed by atoms with van der Waals surface area (Å²) in [6.07, 6.45) is 1.41. The van der Waals surface area contributed by atoms with E-state index in [1.54, 1.807) is 13.8 Å². The molecule has 144 valence electrons. The Bertz CT molecular complexity index is 700. The summed E-state index contributed by atoms with van der Waals surface area (Å²) in [4.78, 5) is 49.2. The molecule has 0 aromatic rings. The van der Waals surface area contributed by atoms with E-state index in [1.165, 1.54) is 16.7 Å². The lowest BCUT2D eigenvalue weighted by Gasteiger charge is -2.54. The van der Waals surface area contributed by atoms with Gasteiger partial charge in [-0.15, -0.1) is 11.8 Å². The summed E-state index contributed by atoms with van der Waals surface area (Å²) in [5.41, 5.74) is 1.39. The average molecular weight is 386 g/mol. The van der Waals surface area contributed by atoms with Crippen molar-refractivity contribution in [3.8, 4) is 0 Å². The number of nitrogens with one attached hydrogen (secondary N) is 1. The summed E-state index contributed by atoms with van der Waals surface area (Å²) in [6, 6.07) is -1.08. The van der Waals surface area contributed by atoms with Gasteiger partial charge in [-0.25, -0.2) is 9.59 Å². The predicted octanol–water partition coefficient (Wildman–Crippen LogP) is 0.725. The Morgan fingerprint density at radius 2 is 2.08 bits per heavy atom. The molecule has 0 aromatic heterocycles. The molecule has 2 unspecified atom stereocenters. The molecule has 0 bridgehead atoms. The van der Waals surface area contributed by atoms with Crippen LogP contribution in [-0.4, -0.2) is 54.2 Å². The first-order valence-corrected chi connectivity index (χ1v) is 9.34. The van der Waals surface area contributed by atoms with Crippen molar-refractivity contribution in [3.63, 3.8) is 0 Å². The molecule has 0 spiro atoms. The number of amides is 3. The minimum absolute atomic E-state index is 0.0317. The fourth-order valence-corrected chi connectivity index (χ4v) is 6.86. The topological polar surface area (TPSA) is 156 Å². The van der Waals surface area contributed by atoms with E-state index in [1.807, 2.05) is 0 Å². The molecule has 3 fully saturated rings. The van der Waals surface area contributed by atoms with Crippen LogP contribution in [0.2, 0.25) is 0 Å². The third-order valence-corrected chi connectivity index (χ3v) is 7.56. The van der Waals surface area contributed by atoms with Crippen molar-refractivity contribution < 1.29 is 24.4 Å². The van der Waals surface area contributed by atoms with Gasteiger partial charge in [-0.05, 0) is 26.7 Å². The minimum Gasteiger partial charge on any atom is -0.479 e. The van der Waals surface area contributed by atoms with Gasteiger partial charge in [0, 0.05) is 16.1 Å². The van der Waals surface area contributed by atoms with Gasteiger partial charge in [-0.3, -0.25) is 20.2 Å². The monoisotopic (exact) mass is 386 g/mol. The maximum atomic E-state index is 12.6. The number of nitrogens with zero attached hydrogens (tertiary/aromatic N) is 2. The Labute approximate surface area is 154 Å². The van der Waals surface area contributed by atoms with Gasteiger partial charge in [0.15, 0.2) is 5.54 Å². The summed E-state index contributed by atoms with van der Waals surface area (Å²) >= 11 is 1.34. The first-order chi connectivity index (χ1) is 12.0. The molecule has 11 heteroatoms. The number of hydrogen-bond donors (Lipinski definition) is 3. The molecule has 3 rings (SSSR count). The molecule has 1 aliphatic carbocycles. The van der Waals surface area contributed by atoms with Gasteiger partial charge in [0.1, 0.15) is 0 Å². The highest BCUT2D eigenvalue weighted by Gasteiger charge is 2.77. The average Bonchev–Trinajstić information content (AvgIpc) is 2.70. The van der Waals surface area contributed by atoms with Gasteiger partial charge in [-0.1, -0.05) is 6.42 Å². The van der Waals surface area contributed by atoms with Crippen LogP contribution in [0, 0.1) is 16.0 Å². The molecule has 2 aliphatic heterocycles. The summed E-state index contributed by atoms with van der Waals surface area (Å²) in [5.74, 6) is -2.71. The number of carbonyl (C=O) groups excluding carboxylic acids is 2. The number of hydrogen-bond acceptors (Lipinski definition) is 6. The Hall–Kier alpha value is -2.04. The number of nitro groups is 1. The number of carbonyl (C=O) groups is 3. The largest absolute Gasteiger partial charge is 0.479 e. The standard InChI is InChI=1S/C15H22N4O6S/c1-13(2)15(11(21)22,18-9(20)7-10(18)26-13)8-5-3-4-6-14(8,19(24)25)17-12(16)23/h8,10H,3-7H2,1-2H3,(H,21,22)(H3,16,17,23)/t8?,10-,14?,15-/m1/s1. The number of rotatable bonds is 4. The van der Waals surface area contributed by atoms with Crippen LogP contribution >= 0.6 is 11.8 Å². The van der Waals surface area contributed by atoms with Crippen molar-refractivity contribution in [2.24, 2.45) is 11.7 Å². The van der Waals surface area contributed by atoms with Gasteiger partial charge in [0.2, 0.25) is 5.91 Å². The summed E-state index contributed by atoms with van der Waals surface area (Å²) in [7, 11) is 0. The van der Waals surface area contributed by atoms with Crippen LogP contribution in [0.4, 0.5) is 4.79 Å². The smallest absolute Gasteiger partial charge is 0.331 e. The van der Waals surface area contributed by atoms with Crippen LogP contribution in [0.5, 0.6) is 0 Å². The van der Waals surface area contributed by atoms with Crippen molar-refractivity contribution in [1.82, 2.24) is 10.2 Å². The van der Waals surface area contributed by atoms with Gasteiger partial charge in [0.05, 0.1) is 17.7 Å². The number of urea groups is 1. The van der Waals surface area contributed by atoms with Crippen LogP contribution in [0.25, 0.3) is 0 Å². The van der Waals surface area contributed by atoms with E-state index in [2.05, 4.69) is 5.32 Å². The number of carboxylic acids is 1. The van der Waals surface area contributed by atoms with Crippen molar-refractivity contribution in [1.29, 1.82) is 0 Å². The molecule has 2 saturated heterocycles. The third-order valence-electron chi connectivity index (χ3n) is 6.01. The van der Waals surface area contributed by atoms with Crippen LogP contribution < -0.4 is 11.1 Å². The number of carboxylic acid groups (broad SMARTS) is 1. The van der Waals surface area contributed by atoms with Gasteiger partial charge in [-0.2, -0.15) is 0 Å². The number of thioether (sulfide) groups is 1. The molecule has 4 N–H and O–H groups in total. The Morgan fingerprint density at radius 1 is 1.42 bits per heavy atom. The molecular weight excluding hydrogens is 364 g/mol. The van der Waals surface area contributed by atoms with E-state index in [0.717, 1.165) is 0 Å². The third kappa shape index (κ3) is 2.15. The molecule has 3 amide bonds. The quantitative estimate of drug-likeness (QED) is 0.278. The Kier molecular flexibility index (Phi) is 4.13. The first-order valence-electron chi connectivity index (χ1n) is 8.46. The van der Waals surface area contributed by atoms with E-state index < -0.39 is 38.8 Å². The highest BCUT2D eigenvalue weighted by Crippen LogP contribution is 2.62. The fraction of sp³-hybridized carbons (Fsp3) is 0.800. The SMILES string of the molecule is CC1(C)S[C@@H]2CC(=O)N2[C@@]1(C(=O)O)C1CCCCC1(NC(N)=O)[N+](=O)[O-]. The second-order valence-electron chi connectivity index (χ2n) is 7.59. The number of primary amides is 1. The van der Waals surface area contributed by atoms with Gasteiger partial charge >= 0.3 is 17.7 Å². The molecule has 2 heterocycles. The maximum absolute atomic E-state index is 12.6. The van der Waals surface area contributed by atoms with Crippen molar-refractivity contribution in [2.75, 3.05) is 0 Å². The fourth-order valence-electron chi connectivity index (χ4n) is 5.06. The highest BCUT2D eigenvalue weighted by atomic mass is 32.2. The summed E-state index contributed by atoms with van der Waals surface area (Å²) in [5, 5.41) is 24.3. The maximum Gasteiger partial charge on any atom is 0.331 e. The predicted molar refractivity (Wildman–Crippen MR) is 91.7 cm³/mol. The summed E-state index contributed by atoms with van der Waals surface area (Å²) in [6.45, 7) is 3.39. The molecule has 3 aliphatic rings. The molecule has 0 radical (unpaired) electrons. The molecule has 4 atom stereocenters. The molecule has 26 heavy (non-hydrogen) atoms. The second kappa shape index (κ2) is 5.73. The Morgan fingerprint density at radius 3 is 2.58 bits per heavy atom. The Balaban J connectivity index is 2.23. The number of fused-ring (bicyclic) bond motifs is 1. The lowest BCUT2D eigenvalue weighted by molar-refractivity contribution is -0.594. The van der Waals surface area contributed by atoms with Crippen LogP contribution in [0.3, 0.4) is 0 Å².